The number of hydrogen-bond donors (Lipinski definition) is 1. The van der Waals surface area contributed by atoms with Crippen LogP contribution in [-0.4, -0.2) is 28.6 Å². The first-order chi connectivity index (χ1) is 17.3. The van der Waals surface area contributed by atoms with Crippen molar-refractivity contribution in [2.24, 2.45) is 0 Å². The zero-order valence-corrected chi connectivity index (χ0v) is 22.8. The number of nitrogens with zero attached hydrogens (tertiary/aromatic N) is 2. The zero-order valence-electron chi connectivity index (χ0n) is 21.3. The van der Waals surface area contributed by atoms with Gasteiger partial charge in [0.25, 0.3) is 5.91 Å². The predicted octanol–water partition coefficient (Wildman–Crippen LogP) is 6.93. The van der Waals surface area contributed by atoms with Crippen LogP contribution < -0.4 is 10.1 Å². The van der Waals surface area contributed by atoms with Gasteiger partial charge in [0, 0.05) is 29.5 Å². The van der Waals surface area contributed by atoms with Crippen molar-refractivity contribution < 1.29 is 9.53 Å². The van der Waals surface area contributed by atoms with Crippen molar-refractivity contribution in [3.63, 3.8) is 0 Å². The summed E-state index contributed by atoms with van der Waals surface area (Å²) in [6.07, 6.45) is 2.61. The van der Waals surface area contributed by atoms with Gasteiger partial charge in [-0.15, -0.1) is 0 Å². The van der Waals surface area contributed by atoms with Crippen LogP contribution in [0.3, 0.4) is 0 Å². The normalized spacial score (nSPS) is 11.6. The fourth-order valence-electron chi connectivity index (χ4n) is 4.17. The van der Waals surface area contributed by atoms with Crippen LogP contribution in [0.2, 0.25) is 0 Å². The molecule has 1 heterocycles. The van der Waals surface area contributed by atoms with Crippen LogP contribution in [0, 0.1) is 0 Å². The second kappa shape index (κ2) is 11.7. The molecule has 0 fully saturated rings. The molecule has 0 saturated heterocycles. The average molecular weight is 549 g/mol. The molecule has 0 bridgehead atoms. The Morgan fingerprint density at radius 1 is 0.972 bits per heavy atom. The van der Waals surface area contributed by atoms with Crippen molar-refractivity contribution in [1.82, 2.24) is 14.9 Å². The molecule has 36 heavy (non-hydrogen) atoms. The summed E-state index contributed by atoms with van der Waals surface area (Å²) in [6, 6.07) is 24.0. The molecule has 0 saturated carbocycles. The molecule has 0 aliphatic heterocycles. The third kappa shape index (κ3) is 6.76. The Morgan fingerprint density at radius 2 is 1.69 bits per heavy atom. The van der Waals surface area contributed by atoms with Crippen LogP contribution >= 0.6 is 15.9 Å². The van der Waals surface area contributed by atoms with Gasteiger partial charge in [-0.25, -0.2) is 4.98 Å². The molecular formula is C30H34BrN3O2. The molecule has 6 heteroatoms. The number of benzene rings is 3. The van der Waals surface area contributed by atoms with Crippen molar-refractivity contribution in [3.05, 3.63) is 94.2 Å². The van der Waals surface area contributed by atoms with E-state index in [1.54, 1.807) is 0 Å². The van der Waals surface area contributed by atoms with E-state index in [2.05, 4.69) is 76.9 Å². The lowest BCUT2D eigenvalue weighted by Gasteiger charge is -2.19. The highest BCUT2D eigenvalue weighted by atomic mass is 79.9. The first-order valence-corrected chi connectivity index (χ1v) is 13.3. The first kappa shape index (κ1) is 26.0. The van der Waals surface area contributed by atoms with Crippen molar-refractivity contribution >= 4 is 32.9 Å². The Balaban J connectivity index is 1.30. The van der Waals surface area contributed by atoms with Crippen molar-refractivity contribution in [2.75, 3.05) is 13.2 Å². The van der Waals surface area contributed by atoms with Crippen LogP contribution in [0.15, 0.2) is 77.3 Å². The molecule has 188 valence electrons. The number of aromatic nitrogens is 2. The van der Waals surface area contributed by atoms with Gasteiger partial charge in [-0.3, -0.25) is 4.79 Å². The second-order valence-corrected chi connectivity index (χ2v) is 10.9. The maximum Gasteiger partial charge on any atom is 0.251 e. The number of carbonyl (C=O) groups excluding carboxylic acids is 1. The minimum absolute atomic E-state index is 0.0714. The molecule has 0 atom stereocenters. The number of rotatable bonds is 10. The summed E-state index contributed by atoms with van der Waals surface area (Å²) in [4.78, 5) is 17.3. The lowest BCUT2D eigenvalue weighted by Crippen LogP contribution is -2.26. The Kier molecular flexibility index (Phi) is 8.47. The van der Waals surface area contributed by atoms with Crippen molar-refractivity contribution in [2.45, 2.75) is 52.0 Å². The molecule has 1 amide bonds. The van der Waals surface area contributed by atoms with E-state index < -0.39 is 0 Å². The van der Waals surface area contributed by atoms with E-state index in [1.807, 2.05) is 42.5 Å². The molecule has 4 rings (SSSR count). The van der Waals surface area contributed by atoms with Crippen LogP contribution in [0.4, 0.5) is 0 Å². The quantitative estimate of drug-likeness (QED) is 0.219. The highest BCUT2D eigenvalue weighted by Gasteiger charge is 2.13. The maximum absolute atomic E-state index is 12.5. The third-order valence-electron chi connectivity index (χ3n) is 6.24. The number of halogens is 1. The Hall–Kier alpha value is -3.12. The van der Waals surface area contributed by atoms with Gasteiger partial charge in [0.2, 0.25) is 0 Å². The van der Waals surface area contributed by atoms with Crippen molar-refractivity contribution in [3.8, 4) is 5.75 Å². The summed E-state index contributed by atoms with van der Waals surface area (Å²) in [5, 5.41) is 3.02. The average Bonchev–Trinajstić information content (AvgIpc) is 3.21. The monoisotopic (exact) mass is 547 g/mol. The van der Waals surface area contributed by atoms with Gasteiger partial charge in [0.05, 0.1) is 17.6 Å². The van der Waals surface area contributed by atoms with Crippen LogP contribution in [0.5, 0.6) is 5.75 Å². The van der Waals surface area contributed by atoms with Gasteiger partial charge < -0.3 is 14.6 Å². The van der Waals surface area contributed by atoms with Crippen molar-refractivity contribution in [1.29, 1.82) is 0 Å². The smallest absolute Gasteiger partial charge is 0.251 e. The molecule has 5 nitrogen and oxygen atoms in total. The van der Waals surface area contributed by atoms with Gasteiger partial charge in [-0.2, -0.15) is 0 Å². The molecule has 0 unspecified atom stereocenters. The number of amides is 1. The van der Waals surface area contributed by atoms with E-state index in [1.165, 1.54) is 5.56 Å². The largest absolute Gasteiger partial charge is 0.494 e. The molecule has 1 aromatic heterocycles. The number of carbonyl (C=O) groups is 1. The summed E-state index contributed by atoms with van der Waals surface area (Å²) in [5.74, 6) is 1.84. The highest BCUT2D eigenvalue weighted by Crippen LogP contribution is 2.24. The zero-order chi connectivity index (χ0) is 25.5. The summed E-state index contributed by atoms with van der Waals surface area (Å²) < 4.78 is 9.21. The topological polar surface area (TPSA) is 56.1 Å². The number of fused-ring (bicyclic) bond motifs is 1. The van der Waals surface area contributed by atoms with Gasteiger partial charge in [-0.1, -0.05) is 61.0 Å². The summed E-state index contributed by atoms with van der Waals surface area (Å²) >= 11 is 3.40. The number of unbranched alkanes of at least 4 members (excludes halogenated alkanes) is 1. The molecule has 0 aliphatic rings. The van der Waals surface area contributed by atoms with Gasteiger partial charge in [0.1, 0.15) is 11.6 Å². The Labute approximate surface area is 222 Å². The van der Waals surface area contributed by atoms with Gasteiger partial charge in [-0.05, 0) is 72.4 Å². The molecule has 3 aromatic carbocycles. The van der Waals surface area contributed by atoms with Crippen LogP contribution in [-0.2, 0) is 18.4 Å². The second-order valence-electron chi connectivity index (χ2n) is 10.0. The molecule has 1 N–H and O–H groups in total. The minimum atomic E-state index is -0.0714. The fraction of sp³-hybridized carbons (Fsp3) is 0.333. The fourth-order valence-corrected chi connectivity index (χ4v) is 4.43. The standard InChI is InChI=1S/C30H34BrN3O2/c1-30(2,3)23-12-16-25(17-13-23)36-21-7-6-20-34-27-9-5-4-8-26(27)33-28(34)18-19-32-29(35)22-10-14-24(31)15-11-22/h4-5,8-17H,6-7,18-21H2,1-3H3,(H,32,35). The van der Waals surface area contributed by atoms with E-state index in [0.717, 1.165) is 46.5 Å². The number of imidazole rings is 1. The molecular weight excluding hydrogens is 514 g/mol. The molecule has 4 aromatic rings. The van der Waals surface area contributed by atoms with Gasteiger partial charge >= 0.3 is 0 Å². The Bertz CT molecular complexity index is 1290. The SMILES string of the molecule is CC(C)(C)c1ccc(OCCCCn2c(CCNC(=O)c3ccc(Br)cc3)nc3ccccc32)cc1. The number of hydrogen-bond acceptors (Lipinski definition) is 3. The van der Waals surface area contributed by atoms with E-state index in [9.17, 15) is 4.79 Å². The lowest BCUT2D eigenvalue weighted by molar-refractivity contribution is 0.0954. The molecule has 0 radical (unpaired) electrons. The summed E-state index contributed by atoms with van der Waals surface area (Å²) in [5.41, 5.74) is 4.22. The van der Waals surface area contributed by atoms with E-state index in [4.69, 9.17) is 9.72 Å². The first-order valence-electron chi connectivity index (χ1n) is 12.5. The maximum atomic E-state index is 12.5. The number of ether oxygens (including phenoxy) is 1. The number of nitrogens with one attached hydrogen (secondary N) is 1. The van der Waals surface area contributed by atoms with E-state index in [0.29, 0.717) is 25.1 Å². The van der Waals surface area contributed by atoms with Crippen LogP contribution in [0.25, 0.3) is 11.0 Å². The van der Waals surface area contributed by atoms with E-state index in [-0.39, 0.29) is 11.3 Å². The highest BCUT2D eigenvalue weighted by molar-refractivity contribution is 9.10. The molecule has 0 aliphatic carbocycles. The summed E-state index contributed by atoms with van der Waals surface area (Å²) in [6.45, 7) is 8.73. The number of para-hydroxylation sites is 2. The molecule has 0 spiro atoms. The van der Waals surface area contributed by atoms with Gasteiger partial charge in [0.15, 0.2) is 0 Å². The van der Waals surface area contributed by atoms with E-state index >= 15 is 0 Å². The lowest BCUT2D eigenvalue weighted by atomic mass is 9.87. The third-order valence-corrected chi connectivity index (χ3v) is 6.77. The Morgan fingerprint density at radius 3 is 2.42 bits per heavy atom. The predicted molar refractivity (Wildman–Crippen MR) is 150 cm³/mol. The summed E-state index contributed by atoms with van der Waals surface area (Å²) in [7, 11) is 0. The number of aryl methyl sites for hydroxylation is 1. The van der Waals surface area contributed by atoms with Crippen LogP contribution in [0.1, 0.15) is 55.4 Å². The minimum Gasteiger partial charge on any atom is -0.494 e.